The van der Waals surface area contributed by atoms with E-state index in [1.165, 1.54) is 4.31 Å². The molecule has 0 unspecified atom stereocenters. The van der Waals surface area contributed by atoms with Crippen molar-refractivity contribution in [2.45, 2.75) is 19.9 Å². The number of aryl methyl sites for hydroxylation is 1. The number of nitrogens with one attached hydrogen (secondary N) is 1. The van der Waals surface area contributed by atoms with Gasteiger partial charge >= 0.3 is 0 Å². The second kappa shape index (κ2) is 8.73. The van der Waals surface area contributed by atoms with Crippen molar-refractivity contribution < 1.29 is 13.2 Å². The van der Waals surface area contributed by atoms with Gasteiger partial charge in [0.25, 0.3) is 0 Å². The monoisotopic (exact) mass is 361 g/mol. The fourth-order valence-corrected chi connectivity index (χ4v) is 3.19. The zero-order chi connectivity index (χ0) is 18.3. The first kappa shape index (κ1) is 19.1. The third-order valence-corrected chi connectivity index (χ3v) is 5.08. The molecule has 0 spiro atoms. The Bertz CT molecular complexity index is 807. The molecule has 134 valence electrons. The Kier molecular flexibility index (Phi) is 6.66. The summed E-state index contributed by atoms with van der Waals surface area (Å²) in [5.41, 5.74) is 2.69. The summed E-state index contributed by atoms with van der Waals surface area (Å²) in [6, 6.07) is 13.1. The summed E-state index contributed by atoms with van der Waals surface area (Å²) < 4.78 is 25.2. The number of amides is 1. The number of nitrogens with zero attached hydrogens (tertiary/aromatic N) is 2. The molecule has 25 heavy (non-hydrogen) atoms. The van der Waals surface area contributed by atoms with E-state index in [4.69, 9.17) is 0 Å². The molecule has 1 N–H and O–H groups in total. The van der Waals surface area contributed by atoms with Gasteiger partial charge in [-0.1, -0.05) is 30.3 Å². The first-order chi connectivity index (χ1) is 11.9. The molecule has 7 heteroatoms. The van der Waals surface area contributed by atoms with Gasteiger partial charge in [-0.2, -0.15) is 4.31 Å². The molecule has 0 aliphatic rings. The van der Waals surface area contributed by atoms with Gasteiger partial charge in [-0.15, -0.1) is 0 Å². The molecule has 1 aromatic carbocycles. The van der Waals surface area contributed by atoms with Crippen molar-refractivity contribution in [3.05, 3.63) is 65.5 Å². The van der Waals surface area contributed by atoms with Crippen LogP contribution in [0.5, 0.6) is 0 Å². The van der Waals surface area contributed by atoms with Gasteiger partial charge in [-0.05, 0) is 30.2 Å². The molecule has 6 nitrogen and oxygen atoms in total. The van der Waals surface area contributed by atoms with Crippen LogP contribution in [0.3, 0.4) is 0 Å². The number of hydrogen-bond donors (Lipinski definition) is 1. The van der Waals surface area contributed by atoms with E-state index < -0.39 is 10.0 Å². The normalized spacial score (nSPS) is 11.5. The van der Waals surface area contributed by atoms with Crippen molar-refractivity contribution in [1.82, 2.24) is 14.6 Å². The molecule has 0 bridgehead atoms. The summed E-state index contributed by atoms with van der Waals surface area (Å²) in [4.78, 5) is 16.2. The highest BCUT2D eigenvalue weighted by Crippen LogP contribution is 2.08. The van der Waals surface area contributed by atoms with E-state index in [9.17, 15) is 13.2 Å². The topological polar surface area (TPSA) is 79.4 Å². The Hall–Kier alpha value is -2.25. The number of rotatable bonds is 8. The summed E-state index contributed by atoms with van der Waals surface area (Å²) in [6.07, 6.45) is 3.07. The Morgan fingerprint density at radius 1 is 1.16 bits per heavy atom. The van der Waals surface area contributed by atoms with Crippen molar-refractivity contribution in [3.63, 3.8) is 0 Å². The van der Waals surface area contributed by atoms with Crippen LogP contribution in [0.15, 0.2) is 48.7 Å². The zero-order valence-electron chi connectivity index (χ0n) is 14.5. The van der Waals surface area contributed by atoms with Crippen molar-refractivity contribution in [1.29, 1.82) is 0 Å². The maximum Gasteiger partial charge on any atom is 0.224 e. The van der Waals surface area contributed by atoms with Crippen molar-refractivity contribution in [2.24, 2.45) is 0 Å². The fraction of sp³-hybridized carbons (Fsp3) is 0.333. The number of sulfonamides is 1. The molecule has 0 atom stereocenters. The van der Waals surface area contributed by atoms with E-state index >= 15 is 0 Å². The first-order valence-electron chi connectivity index (χ1n) is 8.02. The zero-order valence-corrected chi connectivity index (χ0v) is 15.3. The molecule has 0 aliphatic carbocycles. The molecule has 1 heterocycles. The minimum Gasteiger partial charge on any atom is -0.354 e. The van der Waals surface area contributed by atoms with Crippen LogP contribution < -0.4 is 5.32 Å². The molecule has 0 saturated carbocycles. The van der Waals surface area contributed by atoms with Crippen LogP contribution in [0.25, 0.3) is 0 Å². The lowest BCUT2D eigenvalue weighted by molar-refractivity contribution is -0.120. The Morgan fingerprint density at radius 3 is 2.52 bits per heavy atom. The number of carbonyl (C=O) groups is 1. The number of carbonyl (C=O) groups excluding carboxylic acids is 1. The van der Waals surface area contributed by atoms with Crippen LogP contribution in [0.1, 0.15) is 16.8 Å². The Morgan fingerprint density at radius 2 is 1.88 bits per heavy atom. The first-order valence-corrected chi connectivity index (χ1v) is 9.87. The largest absolute Gasteiger partial charge is 0.354 e. The van der Waals surface area contributed by atoms with Gasteiger partial charge in [-0.3, -0.25) is 9.78 Å². The molecule has 2 rings (SSSR count). The van der Waals surface area contributed by atoms with E-state index in [2.05, 4.69) is 10.3 Å². The fourth-order valence-electron chi connectivity index (χ4n) is 2.40. The number of aromatic nitrogens is 1. The Labute approximate surface area is 148 Å². The van der Waals surface area contributed by atoms with Gasteiger partial charge in [0, 0.05) is 19.3 Å². The molecule has 1 amide bonds. The van der Waals surface area contributed by atoms with Crippen LogP contribution in [0, 0.1) is 6.92 Å². The van der Waals surface area contributed by atoms with Crippen LogP contribution in [0.4, 0.5) is 0 Å². The summed E-state index contributed by atoms with van der Waals surface area (Å²) in [6.45, 7) is 2.60. The SMILES string of the molecule is Cc1ccccc1CC(=O)NCCN(Cc1ccccn1)S(C)(=O)=O. The van der Waals surface area contributed by atoms with Gasteiger partial charge in [0.2, 0.25) is 15.9 Å². The molecule has 1 aromatic heterocycles. The average molecular weight is 361 g/mol. The van der Waals surface area contributed by atoms with Gasteiger partial charge in [0.1, 0.15) is 0 Å². The highest BCUT2D eigenvalue weighted by molar-refractivity contribution is 7.88. The third kappa shape index (κ3) is 6.28. The summed E-state index contributed by atoms with van der Waals surface area (Å²) in [5.74, 6) is -0.124. The molecule has 0 fully saturated rings. The third-order valence-electron chi connectivity index (χ3n) is 3.83. The van der Waals surface area contributed by atoms with E-state index in [-0.39, 0.29) is 32.0 Å². The van der Waals surface area contributed by atoms with E-state index in [0.717, 1.165) is 17.4 Å². The molecule has 2 aromatic rings. The smallest absolute Gasteiger partial charge is 0.224 e. The van der Waals surface area contributed by atoms with E-state index in [1.807, 2.05) is 37.3 Å². The molecular formula is C18H23N3O3S. The maximum atomic E-state index is 12.1. The minimum atomic E-state index is -3.38. The van der Waals surface area contributed by atoms with Crippen LogP contribution in [0.2, 0.25) is 0 Å². The lowest BCUT2D eigenvalue weighted by Gasteiger charge is -2.19. The average Bonchev–Trinajstić information content (AvgIpc) is 2.56. The molecular weight excluding hydrogens is 338 g/mol. The van der Waals surface area contributed by atoms with Gasteiger partial charge in [0.15, 0.2) is 0 Å². The van der Waals surface area contributed by atoms with Gasteiger partial charge < -0.3 is 5.32 Å². The van der Waals surface area contributed by atoms with Crippen LogP contribution in [-0.2, 0) is 27.8 Å². The molecule has 0 saturated heterocycles. The minimum absolute atomic E-state index is 0.124. The second-order valence-electron chi connectivity index (χ2n) is 5.87. The standard InChI is InChI=1S/C18H23N3O3S/c1-15-7-3-4-8-16(15)13-18(22)20-11-12-21(25(2,23)24)14-17-9-5-6-10-19-17/h3-10H,11-14H2,1-2H3,(H,20,22). The number of hydrogen-bond acceptors (Lipinski definition) is 4. The summed E-state index contributed by atoms with van der Waals surface area (Å²) in [7, 11) is -3.38. The summed E-state index contributed by atoms with van der Waals surface area (Å²) in [5, 5.41) is 2.78. The molecule has 0 aliphatic heterocycles. The Balaban J connectivity index is 1.88. The summed E-state index contributed by atoms with van der Waals surface area (Å²) >= 11 is 0. The van der Waals surface area contributed by atoms with Crippen LogP contribution >= 0.6 is 0 Å². The lowest BCUT2D eigenvalue weighted by Crippen LogP contribution is -2.38. The van der Waals surface area contributed by atoms with Crippen LogP contribution in [-0.4, -0.2) is 43.0 Å². The number of benzene rings is 1. The van der Waals surface area contributed by atoms with Crippen molar-refractivity contribution >= 4 is 15.9 Å². The molecule has 0 radical (unpaired) electrons. The predicted molar refractivity (Wildman–Crippen MR) is 97.4 cm³/mol. The second-order valence-corrected chi connectivity index (χ2v) is 7.85. The quantitative estimate of drug-likeness (QED) is 0.773. The lowest BCUT2D eigenvalue weighted by atomic mass is 10.1. The van der Waals surface area contributed by atoms with Crippen molar-refractivity contribution in [3.8, 4) is 0 Å². The maximum absolute atomic E-state index is 12.1. The van der Waals surface area contributed by atoms with E-state index in [1.54, 1.807) is 18.3 Å². The highest BCUT2D eigenvalue weighted by atomic mass is 32.2. The predicted octanol–water partition coefficient (Wildman–Crippen LogP) is 1.51. The van der Waals surface area contributed by atoms with E-state index in [0.29, 0.717) is 5.69 Å². The highest BCUT2D eigenvalue weighted by Gasteiger charge is 2.17. The van der Waals surface area contributed by atoms with Gasteiger partial charge in [0.05, 0.1) is 24.9 Å². The van der Waals surface area contributed by atoms with Crippen molar-refractivity contribution in [2.75, 3.05) is 19.3 Å². The number of pyridine rings is 1. The van der Waals surface area contributed by atoms with Gasteiger partial charge in [-0.25, -0.2) is 8.42 Å².